The van der Waals surface area contributed by atoms with Gasteiger partial charge in [0.15, 0.2) is 0 Å². The summed E-state index contributed by atoms with van der Waals surface area (Å²) >= 11 is 0. The van der Waals surface area contributed by atoms with Crippen molar-refractivity contribution in [3.8, 4) is 0 Å². The third-order valence-electron chi connectivity index (χ3n) is 4.81. The number of aromatic amines is 1. The van der Waals surface area contributed by atoms with Gasteiger partial charge in [0.25, 0.3) is 11.8 Å². The van der Waals surface area contributed by atoms with Crippen LogP contribution in [0.25, 0.3) is 0 Å². The molecule has 0 unspecified atom stereocenters. The predicted octanol–water partition coefficient (Wildman–Crippen LogP) is 1.67. The lowest BCUT2D eigenvalue weighted by Crippen LogP contribution is -2.48. The normalized spacial score (nSPS) is 20.4. The molecule has 25 heavy (non-hydrogen) atoms. The Labute approximate surface area is 146 Å². The van der Waals surface area contributed by atoms with Crippen molar-refractivity contribution in [3.63, 3.8) is 0 Å². The Morgan fingerprint density at radius 1 is 1.36 bits per heavy atom. The third-order valence-corrected chi connectivity index (χ3v) is 4.81. The molecule has 3 heterocycles. The minimum absolute atomic E-state index is 0.0735. The van der Waals surface area contributed by atoms with Crippen molar-refractivity contribution in [1.29, 1.82) is 0 Å². The molecule has 2 aromatic rings. The monoisotopic (exact) mass is 341 g/mol. The summed E-state index contributed by atoms with van der Waals surface area (Å²) in [5, 5.41) is 9.67. The Morgan fingerprint density at radius 3 is 2.88 bits per heavy atom. The summed E-state index contributed by atoms with van der Waals surface area (Å²) in [6, 6.07) is 5.46. The van der Waals surface area contributed by atoms with Gasteiger partial charge in [0, 0.05) is 31.2 Å². The van der Waals surface area contributed by atoms with Gasteiger partial charge in [0.05, 0.1) is 17.5 Å². The highest BCUT2D eigenvalue weighted by molar-refractivity contribution is 5.95. The maximum Gasteiger partial charge on any atom is 0.272 e. The molecule has 1 aliphatic rings. The number of nitrogens with zero attached hydrogens (tertiary/aromatic N) is 3. The van der Waals surface area contributed by atoms with Crippen LogP contribution >= 0.6 is 0 Å². The number of hydrogen-bond acceptors (Lipinski definition) is 4. The first-order valence-electron chi connectivity index (χ1n) is 8.43. The van der Waals surface area contributed by atoms with E-state index >= 15 is 0 Å². The van der Waals surface area contributed by atoms with Crippen LogP contribution in [0.2, 0.25) is 0 Å². The van der Waals surface area contributed by atoms with Gasteiger partial charge < -0.3 is 10.2 Å². The Morgan fingerprint density at radius 2 is 2.16 bits per heavy atom. The van der Waals surface area contributed by atoms with E-state index in [4.69, 9.17) is 0 Å². The van der Waals surface area contributed by atoms with Crippen molar-refractivity contribution in [2.75, 3.05) is 20.1 Å². The van der Waals surface area contributed by atoms with E-state index in [-0.39, 0.29) is 17.2 Å². The number of pyridine rings is 1. The molecule has 1 atom stereocenters. The molecule has 0 aromatic carbocycles. The maximum atomic E-state index is 12.8. The lowest BCUT2D eigenvalue weighted by Gasteiger charge is -2.40. The van der Waals surface area contributed by atoms with E-state index in [2.05, 4.69) is 27.4 Å². The molecule has 2 N–H and O–H groups in total. The molecule has 0 spiro atoms. The zero-order valence-electron chi connectivity index (χ0n) is 14.8. The second-order valence-corrected chi connectivity index (χ2v) is 6.79. The number of aryl methyl sites for hydroxylation is 1. The largest absolute Gasteiger partial charge is 0.355 e. The zero-order valence-corrected chi connectivity index (χ0v) is 14.8. The van der Waals surface area contributed by atoms with Crippen molar-refractivity contribution >= 4 is 11.8 Å². The number of piperidine rings is 1. The Kier molecular flexibility index (Phi) is 4.57. The van der Waals surface area contributed by atoms with E-state index < -0.39 is 0 Å². The molecule has 2 aromatic heterocycles. The van der Waals surface area contributed by atoms with Crippen LogP contribution in [0, 0.1) is 6.92 Å². The first-order valence-corrected chi connectivity index (χ1v) is 8.43. The summed E-state index contributed by atoms with van der Waals surface area (Å²) in [6.07, 6.45) is 3.28. The molecule has 132 valence electrons. The molecule has 2 amide bonds. The van der Waals surface area contributed by atoms with Gasteiger partial charge in [-0.1, -0.05) is 13.0 Å². The first-order chi connectivity index (χ1) is 11.9. The van der Waals surface area contributed by atoms with Crippen molar-refractivity contribution in [3.05, 3.63) is 47.0 Å². The highest BCUT2D eigenvalue weighted by atomic mass is 16.2. The molecule has 0 saturated carbocycles. The lowest BCUT2D eigenvalue weighted by molar-refractivity contribution is 0.0640. The molecule has 7 nitrogen and oxygen atoms in total. The Bertz CT molecular complexity index is 800. The fraction of sp³-hybridized carbons (Fsp3) is 0.444. The molecule has 3 rings (SSSR count). The molecule has 0 radical (unpaired) electrons. The number of carbonyl (C=O) groups is 2. The number of carbonyl (C=O) groups excluding carboxylic acids is 2. The number of likely N-dealkylation sites (tertiary alicyclic amines) is 1. The van der Waals surface area contributed by atoms with E-state index in [9.17, 15) is 9.59 Å². The van der Waals surface area contributed by atoms with Crippen LogP contribution in [0.15, 0.2) is 24.4 Å². The van der Waals surface area contributed by atoms with E-state index in [0.717, 1.165) is 24.2 Å². The van der Waals surface area contributed by atoms with Crippen LogP contribution in [0.5, 0.6) is 0 Å². The average Bonchev–Trinajstić information content (AvgIpc) is 3.11. The molecule has 7 heteroatoms. The van der Waals surface area contributed by atoms with E-state index in [1.54, 1.807) is 19.3 Å². The highest BCUT2D eigenvalue weighted by Gasteiger charge is 2.38. The van der Waals surface area contributed by atoms with Crippen molar-refractivity contribution < 1.29 is 9.59 Å². The van der Waals surface area contributed by atoms with Crippen molar-refractivity contribution in [1.82, 2.24) is 25.4 Å². The fourth-order valence-corrected chi connectivity index (χ4v) is 3.49. The first kappa shape index (κ1) is 17.1. The summed E-state index contributed by atoms with van der Waals surface area (Å²) in [7, 11) is 1.60. The number of amides is 2. The molecular weight excluding hydrogens is 318 g/mol. The van der Waals surface area contributed by atoms with Crippen molar-refractivity contribution in [2.24, 2.45) is 0 Å². The van der Waals surface area contributed by atoms with Gasteiger partial charge in [-0.2, -0.15) is 5.10 Å². The van der Waals surface area contributed by atoms with E-state index in [1.807, 2.05) is 24.0 Å². The maximum absolute atomic E-state index is 12.8. The summed E-state index contributed by atoms with van der Waals surface area (Å²) in [6.45, 7) is 5.15. The van der Waals surface area contributed by atoms with E-state index in [0.29, 0.717) is 24.3 Å². The van der Waals surface area contributed by atoms with Gasteiger partial charge in [0.1, 0.15) is 5.69 Å². The topological polar surface area (TPSA) is 91.0 Å². The minimum atomic E-state index is -0.351. The van der Waals surface area contributed by atoms with Crippen LogP contribution in [-0.4, -0.2) is 52.0 Å². The Hall–Kier alpha value is -2.70. The van der Waals surface area contributed by atoms with Crippen LogP contribution in [0.4, 0.5) is 0 Å². The lowest BCUT2D eigenvalue weighted by atomic mass is 9.77. The summed E-state index contributed by atoms with van der Waals surface area (Å²) in [5.74, 6) is -0.246. The van der Waals surface area contributed by atoms with Gasteiger partial charge in [-0.15, -0.1) is 0 Å². The molecule has 1 fully saturated rings. The van der Waals surface area contributed by atoms with Gasteiger partial charge >= 0.3 is 0 Å². The number of H-pyrrole nitrogens is 1. The predicted molar refractivity (Wildman–Crippen MR) is 93.4 cm³/mol. The number of aromatic nitrogens is 3. The minimum Gasteiger partial charge on any atom is -0.355 e. The van der Waals surface area contributed by atoms with Gasteiger partial charge in [-0.25, -0.2) is 4.98 Å². The second kappa shape index (κ2) is 6.66. The molecular formula is C18H23N5O2. The van der Waals surface area contributed by atoms with Crippen LogP contribution < -0.4 is 5.32 Å². The van der Waals surface area contributed by atoms with Crippen LogP contribution in [0.1, 0.15) is 52.0 Å². The summed E-state index contributed by atoms with van der Waals surface area (Å²) in [5.41, 5.74) is 2.24. The second-order valence-electron chi connectivity index (χ2n) is 6.79. The fourth-order valence-electron chi connectivity index (χ4n) is 3.49. The quantitative estimate of drug-likeness (QED) is 0.888. The molecule has 0 bridgehead atoms. The van der Waals surface area contributed by atoms with Gasteiger partial charge in [-0.3, -0.25) is 14.7 Å². The number of hydrogen-bond donors (Lipinski definition) is 2. The van der Waals surface area contributed by atoms with Gasteiger partial charge in [0.2, 0.25) is 0 Å². The molecule has 1 saturated heterocycles. The SMILES string of the molecule is CNC(=O)c1cn[nH]c1[C@@]1(C)CCCN(C(=O)c2cccc(C)n2)C1. The van der Waals surface area contributed by atoms with Crippen molar-refractivity contribution in [2.45, 2.75) is 32.1 Å². The summed E-state index contributed by atoms with van der Waals surface area (Å²) in [4.78, 5) is 31.1. The molecule has 0 aliphatic carbocycles. The standard InChI is InChI=1S/C18H23N5O2/c1-12-6-4-7-14(21-12)17(25)23-9-5-8-18(2,11-23)15-13(10-20-22-15)16(24)19-3/h4,6-7,10H,5,8-9,11H2,1-3H3,(H,19,24)(H,20,22)/t18-/m0/s1. The third kappa shape index (κ3) is 3.26. The summed E-state index contributed by atoms with van der Waals surface area (Å²) < 4.78 is 0. The van der Waals surface area contributed by atoms with Crippen LogP contribution in [-0.2, 0) is 5.41 Å². The average molecular weight is 341 g/mol. The highest BCUT2D eigenvalue weighted by Crippen LogP contribution is 2.34. The zero-order chi connectivity index (χ0) is 18.0. The smallest absolute Gasteiger partial charge is 0.272 e. The molecule has 1 aliphatic heterocycles. The number of rotatable bonds is 3. The number of nitrogens with one attached hydrogen (secondary N) is 2. The Balaban J connectivity index is 1.87. The van der Waals surface area contributed by atoms with E-state index in [1.165, 1.54) is 0 Å². The van der Waals surface area contributed by atoms with Crippen LogP contribution in [0.3, 0.4) is 0 Å². The van der Waals surface area contributed by atoms with Gasteiger partial charge in [-0.05, 0) is 31.9 Å².